The van der Waals surface area contributed by atoms with E-state index in [4.69, 9.17) is 10.5 Å². The first-order valence-corrected chi connectivity index (χ1v) is 7.92. The minimum Gasteiger partial charge on any atom is -0.497 e. The summed E-state index contributed by atoms with van der Waals surface area (Å²) >= 11 is 0. The molecule has 4 nitrogen and oxygen atoms in total. The van der Waals surface area contributed by atoms with E-state index in [1.807, 2.05) is 18.2 Å². The number of hydrogen-bond donors (Lipinski definition) is 2. The number of amides is 1. The number of benzene rings is 2. The van der Waals surface area contributed by atoms with E-state index in [2.05, 4.69) is 23.5 Å². The number of hydrogen-bond acceptors (Lipinski definition) is 3. The number of rotatable bonds is 6. The Balaban J connectivity index is 1.47. The highest BCUT2D eigenvalue weighted by Gasteiger charge is 2.29. The van der Waals surface area contributed by atoms with Crippen LogP contribution < -0.4 is 15.8 Å². The lowest BCUT2D eigenvalue weighted by Crippen LogP contribution is -2.39. The third-order valence-corrected chi connectivity index (χ3v) is 4.54. The predicted molar refractivity (Wildman–Crippen MR) is 90.6 cm³/mol. The molecule has 0 saturated heterocycles. The Labute approximate surface area is 136 Å². The van der Waals surface area contributed by atoms with Crippen molar-refractivity contribution in [3.8, 4) is 5.75 Å². The van der Waals surface area contributed by atoms with Crippen LogP contribution in [0.2, 0.25) is 0 Å². The van der Waals surface area contributed by atoms with Crippen molar-refractivity contribution in [1.82, 2.24) is 5.32 Å². The van der Waals surface area contributed by atoms with Crippen molar-refractivity contribution in [2.75, 3.05) is 7.11 Å². The maximum Gasteiger partial charge on any atom is 0.248 e. The number of nitrogens with two attached hydrogens (primary N) is 1. The summed E-state index contributed by atoms with van der Waals surface area (Å²) in [5.41, 5.74) is 8.32. The molecule has 2 aromatic rings. The normalized spacial score (nSPS) is 19.9. The fourth-order valence-corrected chi connectivity index (χ4v) is 3.00. The molecular formula is C19H22N2O2. The lowest BCUT2D eigenvalue weighted by atomic mass is 9.76. The zero-order valence-electron chi connectivity index (χ0n) is 13.3. The fourth-order valence-electron chi connectivity index (χ4n) is 3.00. The van der Waals surface area contributed by atoms with Gasteiger partial charge in [-0.05, 0) is 54.2 Å². The van der Waals surface area contributed by atoms with Gasteiger partial charge in [0.2, 0.25) is 5.91 Å². The molecule has 1 fully saturated rings. The molecule has 0 atom stereocenters. The molecule has 0 unspecified atom stereocenters. The maximum absolute atomic E-state index is 11.0. The van der Waals surface area contributed by atoms with Crippen LogP contribution >= 0.6 is 0 Å². The van der Waals surface area contributed by atoms with Gasteiger partial charge >= 0.3 is 0 Å². The highest BCUT2D eigenvalue weighted by Crippen LogP contribution is 2.38. The molecule has 4 heteroatoms. The molecule has 23 heavy (non-hydrogen) atoms. The molecule has 2 aromatic carbocycles. The van der Waals surface area contributed by atoms with Crippen molar-refractivity contribution in [3.05, 3.63) is 65.2 Å². The van der Waals surface area contributed by atoms with E-state index >= 15 is 0 Å². The van der Waals surface area contributed by atoms with Gasteiger partial charge in [0.15, 0.2) is 0 Å². The molecular weight excluding hydrogens is 288 g/mol. The van der Waals surface area contributed by atoms with Gasteiger partial charge < -0.3 is 15.8 Å². The van der Waals surface area contributed by atoms with Crippen LogP contribution in [0.25, 0.3) is 0 Å². The van der Waals surface area contributed by atoms with Gasteiger partial charge in [-0.1, -0.05) is 24.3 Å². The molecule has 3 N–H and O–H groups in total. The smallest absolute Gasteiger partial charge is 0.248 e. The van der Waals surface area contributed by atoms with Gasteiger partial charge in [0.1, 0.15) is 5.75 Å². The molecule has 120 valence electrons. The Morgan fingerprint density at radius 2 is 1.96 bits per heavy atom. The summed E-state index contributed by atoms with van der Waals surface area (Å²) in [7, 11) is 1.70. The average molecular weight is 310 g/mol. The van der Waals surface area contributed by atoms with E-state index in [1.165, 1.54) is 11.1 Å². The van der Waals surface area contributed by atoms with Crippen LogP contribution in [0.15, 0.2) is 48.5 Å². The Kier molecular flexibility index (Phi) is 4.63. The van der Waals surface area contributed by atoms with E-state index in [0.29, 0.717) is 17.5 Å². The van der Waals surface area contributed by atoms with Crippen LogP contribution in [0.5, 0.6) is 5.75 Å². The Morgan fingerprint density at radius 1 is 1.22 bits per heavy atom. The topological polar surface area (TPSA) is 64.3 Å². The standard InChI is InChI=1S/C19H22N2O2/c1-23-18-4-2-3-15(11-18)16-9-17(10-16)21-12-13-5-7-14(8-6-13)19(20)22/h2-8,11,16-17,21H,9-10,12H2,1H3,(H2,20,22). The lowest BCUT2D eigenvalue weighted by molar-refractivity contribution is 0.100. The fraction of sp³-hybridized carbons (Fsp3) is 0.316. The number of primary amides is 1. The molecule has 3 rings (SSSR count). The van der Waals surface area contributed by atoms with E-state index in [-0.39, 0.29) is 5.91 Å². The summed E-state index contributed by atoms with van der Waals surface area (Å²) in [4.78, 5) is 11.0. The zero-order valence-corrected chi connectivity index (χ0v) is 13.3. The SMILES string of the molecule is COc1cccc(C2CC(NCc3ccc(C(N)=O)cc3)C2)c1. The third kappa shape index (κ3) is 3.71. The molecule has 1 amide bonds. The van der Waals surface area contributed by atoms with Crippen molar-refractivity contribution in [2.24, 2.45) is 5.73 Å². The van der Waals surface area contributed by atoms with Crippen LogP contribution in [0, 0.1) is 0 Å². The van der Waals surface area contributed by atoms with Gasteiger partial charge in [0.25, 0.3) is 0 Å². The Hall–Kier alpha value is -2.33. The molecule has 1 aliphatic rings. The van der Waals surface area contributed by atoms with Gasteiger partial charge in [-0.2, -0.15) is 0 Å². The highest BCUT2D eigenvalue weighted by atomic mass is 16.5. The number of methoxy groups -OCH3 is 1. The first-order chi connectivity index (χ1) is 11.2. The number of nitrogens with one attached hydrogen (secondary N) is 1. The first-order valence-electron chi connectivity index (χ1n) is 7.92. The second kappa shape index (κ2) is 6.84. The van der Waals surface area contributed by atoms with Gasteiger partial charge in [-0.15, -0.1) is 0 Å². The number of ether oxygens (including phenoxy) is 1. The van der Waals surface area contributed by atoms with Crippen molar-refractivity contribution in [1.29, 1.82) is 0 Å². The molecule has 0 spiro atoms. The second-order valence-corrected chi connectivity index (χ2v) is 6.08. The quantitative estimate of drug-likeness (QED) is 0.862. The molecule has 0 heterocycles. The van der Waals surface area contributed by atoms with Crippen LogP contribution in [-0.2, 0) is 6.54 Å². The monoisotopic (exact) mass is 310 g/mol. The minimum absolute atomic E-state index is 0.385. The van der Waals surface area contributed by atoms with Crippen LogP contribution in [0.1, 0.15) is 40.2 Å². The molecule has 0 aromatic heterocycles. The van der Waals surface area contributed by atoms with E-state index in [1.54, 1.807) is 19.2 Å². The summed E-state index contributed by atoms with van der Waals surface area (Å²) < 4.78 is 5.28. The highest BCUT2D eigenvalue weighted by molar-refractivity contribution is 5.92. The van der Waals surface area contributed by atoms with Crippen LogP contribution in [-0.4, -0.2) is 19.1 Å². The molecule has 0 bridgehead atoms. The maximum atomic E-state index is 11.0. The second-order valence-electron chi connectivity index (χ2n) is 6.08. The van der Waals surface area contributed by atoms with E-state index < -0.39 is 0 Å². The molecule has 0 radical (unpaired) electrons. The van der Waals surface area contributed by atoms with Crippen LogP contribution in [0.4, 0.5) is 0 Å². The van der Waals surface area contributed by atoms with E-state index in [0.717, 1.165) is 25.1 Å². The summed E-state index contributed by atoms with van der Waals surface area (Å²) in [6.07, 6.45) is 2.29. The van der Waals surface area contributed by atoms with Gasteiger partial charge in [0, 0.05) is 18.2 Å². The summed E-state index contributed by atoms with van der Waals surface area (Å²) in [6.45, 7) is 0.814. The lowest BCUT2D eigenvalue weighted by Gasteiger charge is -2.36. The zero-order chi connectivity index (χ0) is 16.2. The van der Waals surface area contributed by atoms with Crippen molar-refractivity contribution in [3.63, 3.8) is 0 Å². The van der Waals surface area contributed by atoms with Crippen LogP contribution in [0.3, 0.4) is 0 Å². The van der Waals surface area contributed by atoms with Crippen molar-refractivity contribution in [2.45, 2.75) is 31.3 Å². The van der Waals surface area contributed by atoms with Crippen molar-refractivity contribution < 1.29 is 9.53 Å². The average Bonchev–Trinajstić information content (AvgIpc) is 2.54. The Morgan fingerprint density at radius 3 is 2.61 bits per heavy atom. The summed E-state index contributed by atoms with van der Waals surface area (Å²) in [6, 6.07) is 16.3. The molecule has 1 saturated carbocycles. The first kappa shape index (κ1) is 15.6. The van der Waals surface area contributed by atoms with E-state index in [9.17, 15) is 4.79 Å². The molecule has 1 aliphatic carbocycles. The van der Waals surface area contributed by atoms with Crippen molar-refractivity contribution >= 4 is 5.91 Å². The largest absolute Gasteiger partial charge is 0.497 e. The predicted octanol–water partition coefficient (Wildman–Crippen LogP) is 2.83. The van der Waals surface area contributed by atoms with Gasteiger partial charge in [-0.25, -0.2) is 0 Å². The third-order valence-electron chi connectivity index (χ3n) is 4.54. The van der Waals surface area contributed by atoms with Gasteiger partial charge in [0.05, 0.1) is 7.11 Å². The summed E-state index contributed by atoms with van der Waals surface area (Å²) in [5, 5.41) is 3.56. The van der Waals surface area contributed by atoms with Gasteiger partial charge in [-0.3, -0.25) is 4.79 Å². The number of carbonyl (C=O) groups excluding carboxylic acids is 1. The molecule has 0 aliphatic heterocycles. The number of carbonyl (C=O) groups is 1. The summed E-state index contributed by atoms with van der Waals surface area (Å²) in [5.74, 6) is 1.15. The minimum atomic E-state index is -0.385. The Bertz CT molecular complexity index is 676.